The predicted molar refractivity (Wildman–Crippen MR) is 73.8 cm³/mol. The van der Waals surface area contributed by atoms with Crippen LogP contribution in [0.4, 0.5) is 0 Å². The Morgan fingerprint density at radius 3 is 2.75 bits per heavy atom. The quantitative estimate of drug-likeness (QED) is 0.597. The van der Waals surface area contributed by atoms with Crippen LogP contribution in [0, 0.1) is 5.92 Å². The Bertz CT molecular complexity index is 469. The van der Waals surface area contributed by atoms with E-state index >= 15 is 0 Å². The van der Waals surface area contributed by atoms with Crippen molar-refractivity contribution in [2.24, 2.45) is 5.92 Å². The van der Waals surface area contributed by atoms with Crippen molar-refractivity contribution in [1.82, 2.24) is 15.5 Å². The van der Waals surface area contributed by atoms with Crippen LogP contribution in [0.1, 0.15) is 12.8 Å². The third kappa shape index (κ3) is 4.17. The highest BCUT2D eigenvalue weighted by atomic mass is 32.2. The van der Waals surface area contributed by atoms with Crippen molar-refractivity contribution in [3.8, 4) is 0 Å². The molecule has 2 fully saturated rings. The standard InChI is InChI=1S/C12H21N3O4S/c16-11(12(17)15-5-1-3-13-4-6-15)14-8-10-2-7-20(18,19)9-10/h10,13H,1-9H2,(H,14,16). The van der Waals surface area contributed by atoms with E-state index in [1.807, 2.05) is 0 Å². The van der Waals surface area contributed by atoms with Crippen molar-refractivity contribution >= 4 is 21.7 Å². The molecule has 7 nitrogen and oxygen atoms in total. The molecule has 2 heterocycles. The largest absolute Gasteiger partial charge is 0.348 e. The van der Waals surface area contributed by atoms with Gasteiger partial charge in [0.25, 0.3) is 0 Å². The fraction of sp³-hybridized carbons (Fsp3) is 0.833. The van der Waals surface area contributed by atoms with Crippen molar-refractivity contribution in [1.29, 1.82) is 0 Å². The second-order valence-electron chi connectivity index (χ2n) is 5.37. The molecule has 2 aliphatic heterocycles. The summed E-state index contributed by atoms with van der Waals surface area (Å²) in [4.78, 5) is 25.3. The number of sulfone groups is 1. The van der Waals surface area contributed by atoms with Gasteiger partial charge in [0.2, 0.25) is 0 Å². The topological polar surface area (TPSA) is 95.6 Å². The molecule has 1 unspecified atom stereocenters. The molecule has 0 spiro atoms. The summed E-state index contributed by atoms with van der Waals surface area (Å²) in [6, 6.07) is 0. The number of nitrogens with zero attached hydrogens (tertiary/aromatic N) is 1. The minimum absolute atomic E-state index is 0.0671. The van der Waals surface area contributed by atoms with Crippen LogP contribution < -0.4 is 10.6 Å². The van der Waals surface area contributed by atoms with Crippen molar-refractivity contribution in [2.75, 3.05) is 44.2 Å². The summed E-state index contributed by atoms with van der Waals surface area (Å²) in [5.74, 6) is -0.928. The van der Waals surface area contributed by atoms with E-state index in [1.54, 1.807) is 4.90 Å². The maximum absolute atomic E-state index is 12.0. The lowest BCUT2D eigenvalue weighted by Crippen LogP contribution is -2.45. The second-order valence-corrected chi connectivity index (χ2v) is 7.60. The molecular formula is C12H21N3O4S. The number of hydrogen-bond acceptors (Lipinski definition) is 5. The van der Waals surface area contributed by atoms with Gasteiger partial charge in [-0.2, -0.15) is 0 Å². The Labute approximate surface area is 119 Å². The van der Waals surface area contributed by atoms with Gasteiger partial charge in [0.1, 0.15) is 0 Å². The summed E-state index contributed by atoms with van der Waals surface area (Å²) in [5.41, 5.74) is 0. The van der Waals surface area contributed by atoms with Crippen LogP contribution in [0.5, 0.6) is 0 Å². The Balaban J connectivity index is 1.78. The highest BCUT2D eigenvalue weighted by molar-refractivity contribution is 7.91. The van der Waals surface area contributed by atoms with Gasteiger partial charge in [-0.15, -0.1) is 0 Å². The summed E-state index contributed by atoms with van der Waals surface area (Å²) in [6.07, 6.45) is 1.39. The van der Waals surface area contributed by atoms with Gasteiger partial charge < -0.3 is 15.5 Å². The number of rotatable bonds is 2. The fourth-order valence-electron chi connectivity index (χ4n) is 2.54. The van der Waals surface area contributed by atoms with Crippen molar-refractivity contribution < 1.29 is 18.0 Å². The third-order valence-corrected chi connectivity index (χ3v) is 5.54. The molecule has 2 aliphatic rings. The molecule has 0 bridgehead atoms. The number of nitrogens with one attached hydrogen (secondary N) is 2. The van der Waals surface area contributed by atoms with Crippen LogP contribution in [0.3, 0.4) is 0 Å². The van der Waals surface area contributed by atoms with Crippen LogP contribution in [0.25, 0.3) is 0 Å². The molecule has 0 aromatic carbocycles. The molecule has 2 amide bonds. The molecule has 0 aliphatic carbocycles. The monoisotopic (exact) mass is 303 g/mol. The average molecular weight is 303 g/mol. The third-order valence-electron chi connectivity index (χ3n) is 3.70. The molecule has 0 saturated carbocycles. The van der Waals surface area contributed by atoms with Crippen LogP contribution in [-0.4, -0.2) is 69.4 Å². The zero-order chi connectivity index (χ0) is 14.6. The molecule has 20 heavy (non-hydrogen) atoms. The first-order valence-corrected chi connectivity index (χ1v) is 8.78. The van der Waals surface area contributed by atoms with Gasteiger partial charge in [0, 0.05) is 26.2 Å². The minimum Gasteiger partial charge on any atom is -0.348 e. The van der Waals surface area contributed by atoms with Gasteiger partial charge in [0.15, 0.2) is 9.84 Å². The van der Waals surface area contributed by atoms with E-state index in [0.717, 1.165) is 13.0 Å². The molecule has 2 rings (SSSR count). The SMILES string of the molecule is O=C(NCC1CCS(=O)(=O)C1)C(=O)N1CCCNCC1. The summed E-state index contributed by atoms with van der Waals surface area (Å²) >= 11 is 0. The average Bonchev–Trinajstić information content (AvgIpc) is 2.63. The summed E-state index contributed by atoms with van der Waals surface area (Å²) < 4.78 is 22.6. The van der Waals surface area contributed by atoms with Gasteiger partial charge in [0.05, 0.1) is 11.5 Å². The van der Waals surface area contributed by atoms with Crippen LogP contribution in [-0.2, 0) is 19.4 Å². The maximum Gasteiger partial charge on any atom is 0.311 e. The number of hydrogen-bond donors (Lipinski definition) is 2. The first-order chi connectivity index (χ1) is 9.48. The molecule has 114 valence electrons. The normalized spacial score (nSPS) is 26.0. The van der Waals surface area contributed by atoms with Crippen LogP contribution in [0.2, 0.25) is 0 Å². The van der Waals surface area contributed by atoms with Gasteiger partial charge in [-0.3, -0.25) is 9.59 Å². The summed E-state index contributed by atoms with van der Waals surface area (Å²) in [7, 11) is -2.94. The minimum atomic E-state index is -2.94. The predicted octanol–water partition coefficient (Wildman–Crippen LogP) is -1.64. The molecule has 0 aromatic rings. The van der Waals surface area contributed by atoms with E-state index in [1.165, 1.54) is 0 Å². The summed E-state index contributed by atoms with van der Waals surface area (Å²) in [5, 5.41) is 5.73. The molecule has 2 saturated heterocycles. The number of carbonyl (C=O) groups excluding carboxylic acids is 2. The fourth-order valence-corrected chi connectivity index (χ4v) is 4.40. The Hall–Kier alpha value is -1.15. The number of amides is 2. The van der Waals surface area contributed by atoms with Crippen molar-refractivity contribution in [2.45, 2.75) is 12.8 Å². The molecule has 8 heteroatoms. The lowest BCUT2D eigenvalue weighted by Gasteiger charge is -2.19. The van der Waals surface area contributed by atoms with Crippen molar-refractivity contribution in [3.63, 3.8) is 0 Å². The molecule has 0 radical (unpaired) electrons. The van der Waals surface area contributed by atoms with Gasteiger partial charge in [-0.05, 0) is 25.3 Å². The highest BCUT2D eigenvalue weighted by Gasteiger charge is 2.29. The van der Waals surface area contributed by atoms with Crippen LogP contribution in [0.15, 0.2) is 0 Å². The molecule has 2 N–H and O–H groups in total. The second kappa shape index (κ2) is 6.53. The first-order valence-electron chi connectivity index (χ1n) is 6.96. The van der Waals surface area contributed by atoms with E-state index in [-0.39, 0.29) is 24.0 Å². The van der Waals surface area contributed by atoms with E-state index < -0.39 is 21.7 Å². The van der Waals surface area contributed by atoms with Gasteiger partial charge >= 0.3 is 11.8 Å². The van der Waals surface area contributed by atoms with Gasteiger partial charge in [-0.1, -0.05) is 0 Å². The lowest BCUT2D eigenvalue weighted by molar-refractivity contribution is -0.145. The van der Waals surface area contributed by atoms with E-state index in [9.17, 15) is 18.0 Å². The Morgan fingerprint density at radius 1 is 1.25 bits per heavy atom. The van der Waals surface area contributed by atoms with Crippen LogP contribution >= 0.6 is 0 Å². The zero-order valence-corrected chi connectivity index (χ0v) is 12.2. The smallest absolute Gasteiger partial charge is 0.311 e. The molecule has 1 atom stereocenters. The molecular weight excluding hydrogens is 282 g/mol. The Morgan fingerprint density at radius 2 is 2.05 bits per heavy atom. The van der Waals surface area contributed by atoms with E-state index in [2.05, 4.69) is 10.6 Å². The maximum atomic E-state index is 12.0. The highest BCUT2D eigenvalue weighted by Crippen LogP contribution is 2.17. The number of carbonyl (C=O) groups is 2. The lowest BCUT2D eigenvalue weighted by atomic mass is 10.1. The Kier molecular flexibility index (Phi) is 4.98. The molecule has 0 aromatic heterocycles. The van der Waals surface area contributed by atoms with E-state index in [0.29, 0.717) is 26.1 Å². The van der Waals surface area contributed by atoms with E-state index in [4.69, 9.17) is 0 Å². The van der Waals surface area contributed by atoms with Crippen molar-refractivity contribution in [3.05, 3.63) is 0 Å². The summed E-state index contributed by atoms with van der Waals surface area (Å²) in [6.45, 7) is 2.92. The zero-order valence-electron chi connectivity index (χ0n) is 11.4. The first kappa shape index (κ1) is 15.2. The van der Waals surface area contributed by atoms with Gasteiger partial charge in [-0.25, -0.2) is 8.42 Å².